The van der Waals surface area contributed by atoms with E-state index in [1.165, 1.54) is 6.33 Å². The standard InChI is InChI=1S/C11H14N4OS/c1-2-12-9(16)3-5-13-11-10-8(4-6-17-10)14-7-15-11/h4,6-7H,2-3,5H2,1H3,(H,12,16)(H,13,14,15). The number of fused-ring (bicyclic) bond motifs is 1. The molecule has 0 aliphatic heterocycles. The Balaban J connectivity index is 1.95. The monoisotopic (exact) mass is 250 g/mol. The number of hydrogen-bond acceptors (Lipinski definition) is 5. The minimum atomic E-state index is 0.0523. The molecule has 2 aromatic rings. The molecule has 0 fully saturated rings. The lowest BCUT2D eigenvalue weighted by atomic mass is 10.4. The van der Waals surface area contributed by atoms with Crippen LogP contribution < -0.4 is 10.6 Å². The van der Waals surface area contributed by atoms with Crippen molar-refractivity contribution >= 4 is 33.3 Å². The van der Waals surface area contributed by atoms with Gasteiger partial charge in [-0.15, -0.1) is 11.3 Å². The lowest BCUT2D eigenvalue weighted by Gasteiger charge is -2.05. The van der Waals surface area contributed by atoms with Crippen LogP contribution in [0.3, 0.4) is 0 Å². The number of thiophene rings is 1. The van der Waals surface area contributed by atoms with Crippen LogP contribution in [0.2, 0.25) is 0 Å². The molecule has 0 aliphatic carbocycles. The highest BCUT2D eigenvalue weighted by Crippen LogP contribution is 2.24. The van der Waals surface area contributed by atoms with Crippen molar-refractivity contribution in [2.45, 2.75) is 13.3 Å². The molecule has 0 aliphatic rings. The molecule has 17 heavy (non-hydrogen) atoms. The summed E-state index contributed by atoms with van der Waals surface area (Å²) in [5, 5.41) is 7.90. The van der Waals surface area contributed by atoms with Crippen molar-refractivity contribution in [3.63, 3.8) is 0 Å². The summed E-state index contributed by atoms with van der Waals surface area (Å²) in [7, 11) is 0. The van der Waals surface area contributed by atoms with Gasteiger partial charge in [-0.25, -0.2) is 9.97 Å². The van der Waals surface area contributed by atoms with Crippen LogP contribution in [0.1, 0.15) is 13.3 Å². The van der Waals surface area contributed by atoms with Crippen molar-refractivity contribution in [1.82, 2.24) is 15.3 Å². The molecule has 0 saturated carbocycles. The summed E-state index contributed by atoms with van der Waals surface area (Å²) < 4.78 is 1.03. The van der Waals surface area contributed by atoms with E-state index in [4.69, 9.17) is 0 Å². The summed E-state index contributed by atoms with van der Waals surface area (Å²) in [6, 6.07) is 1.96. The van der Waals surface area contributed by atoms with E-state index in [9.17, 15) is 4.79 Å². The number of hydrogen-bond donors (Lipinski definition) is 2. The van der Waals surface area contributed by atoms with Crippen LogP contribution in [0.4, 0.5) is 5.82 Å². The highest BCUT2D eigenvalue weighted by Gasteiger charge is 2.05. The van der Waals surface area contributed by atoms with Gasteiger partial charge in [-0.1, -0.05) is 0 Å². The number of amides is 1. The quantitative estimate of drug-likeness (QED) is 0.846. The molecule has 6 heteroatoms. The third-order valence-corrected chi connectivity index (χ3v) is 3.17. The van der Waals surface area contributed by atoms with Crippen LogP contribution in [-0.4, -0.2) is 29.0 Å². The minimum Gasteiger partial charge on any atom is -0.368 e. The Labute approximate surface area is 103 Å². The van der Waals surface area contributed by atoms with Crippen LogP contribution in [0.25, 0.3) is 10.2 Å². The maximum Gasteiger partial charge on any atom is 0.221 e. The number of nitrogens with zero attached hydrogens (tertiary/aromatic N) is 2. The lowest BCUT2D eigenvalue weighted by Crippen LogP contribution is -2.24. The second kappa shape index (κ2) is 5.58. The van der Waals surface area contributed by atoms with Crippen LogP contribution in [0.15, 0.2) is 17.8 Å². The van der Waals surface area contributed by atoms with E-state index in [1.807, 2.05) is 18.4 Å². The molecule has 0 aromatic carbocycles. The average Bonchev–Trinajstić information content (AvgIpc) is 2.78. The zero-order valence-electron chi connectivity index (χ0n) is 9.56. The minimum absolute atomic E-state index is 0.0523. The normalized spacial score (nSPS) is 10.4. The third-order valence-electron chi connectivity index (χ3n) is 2.26. The van der Waals surface area contributed by atoms with E-state index in [1.54, 1.807) is 11.3 Å². The fourth-order valence-corrected chi connectivity index (χ4v) is 2.31. The molecular formula is C11H14N4OS. The van der Waals surface area contributed by atoms with E-state index in [-0.39, 0.29) is 5.91 Å². The Kier molecular flexibility index (Phi) is 3.87. The van der Waals surface area contributed by atoms with Crippen LogP contribution >= 0.6 is 11.3 Å². The van der Waals surface area contributed by atoms with E-state index in [0.29, 0.717) is 19.5 Å². The number of aromatic nitrogens is 2. The van der Waals surface area contributed by atoms with Gasteiger partial charge >= 0.3 is 0 Å². The van der Waals surface area contributed by atoms with Crippen LogP contribution in [-0.2, 0) is 4.79 Å². The van der Waals surface area contributed by atoms with Gasteiger partial charge in [0, 0.05) is 19.5 Å². The van der Waals surface area contributed by atoms with E-state index >= 15 is 0 Å². The molecule has 2 aromatic heterocycles. The first-order valence-electron chi connectivity index (χ1n) is 5.50. The average molecular weight is 250 g/mol. The second-order valence-corrected chi connectivity index (χ2v) is 4.40. The van der Waals surface area contributed by atoms with E-state index in [0.717, 1.165) is 16.0 Å². The summed E-state index contributed by atoms with van der Waals surface area (Å²) in [4.78, 5) is 19.6. The Bertz CT molecular complexity index is 511. The summed E-state index contributed by atoms with van der Waals surface area (Å²) in [6.07, 6.45) is 1.98. The van der Waals surface area contributed by atoms with Crippen LogP contribution in [0, 0.1) is 0 Å². The van der Waals surface area contributed by atoms with Gasteiger partial charge in [0.15, 0.2) is 0 Å². The molecule has 90 valence electrons. The van der Waals surface area contributed by atoms with Crippen molar-refractivity contribution in [1.29, 1.82) is 0 Å². The smallest absolute Gasteiger partial charge is 0.221 e. The zero-order chi connectivity index (χ0) is 12.1. The summed E-state index contributed by atoms with van der Waals surface area (Å²) in [5.74, 6) is 0.853. The molecular weight excluding hydrogens is 236 g/mol. The van der Waals surface area contributed by atoms with Crippen LogP contribution in [0.5, 0.6) is 0 Å². The van der Waals surface area contributed by atoms with Gasteiger partial charge in [-0.2, -0.15) is 0 Å². The van der Waals surface area contributed by atoms with Gasteiger partial charge in [-0.3, -0.25) is 4.79 Å². The van der Waals surface area contributed by atoms with Gasteiger partial charge in [0.2, 0.25) is 5.91 Å². The topological polar surface area (TPSA) is 66.9 Å². The summed E-state index contributed by atoms with van der Waals surface area (Å²) in [6.45, 7) is 3.16. The zero-order valence-corrected chi connectivity index (χ0v) is 10.4. The Hall–Kier alpha value is -1.69. The Morgan fingerprint density at radius 3 is 3.18 bits per heavy atom. The number of nitrogens with one attached hydrogen (secondary N) is 2. The molecule has 0 unspecified atom stereocenters. The molecule has 0 bridgehead atoms. The Morgan fingerprint density at radius 1 is 1.47 bits per heavy atom. The predicted molar refractivity (Wildman–Crippen MR) is 69.2 cm³/mol. The maximum atomic E-state index is 11.3. The largest absolute Gasteiger partial charge is 0.368 e. The second-order valence-electron chi connectivity index (χ2n) is 3.49. The third kappa shape index (κ3) is 2.91. The van der Waals surface area contributed by atoms with Gasteiger partial charge in [0.25, 0.3) is 0 Å². The van der Waals surface area contributed by atoms with E-state index in [2.05, 4.69) is 20.6 Å². The molecule has 0 atom stereocenters. The maximum absolute atomic E-state index is 11.3. The number of rotatable bonds is 5. The van der Waals surface area contributed by atoms with Crippen molar-refractivity contribution in [2.75, 3.05) is 18.4 Å². The molecule has 0 saturated heterocycles. The predicted octanol–water partition coefficient (Wildman–Crippen LogP) is 1.63. The fourth-order valence-electron chi connectivity index (χ4n) is 1.49. The van der Waals surface area contributed by atoms with E-state index < -0.39 is 0 Å². The van der Waals surface area contributed by atoms with Crippen molar-refractivity contribution in [3.8, 4) is 0 Å². The Morgan fingerprint density at radius 2 is 2.35 bits per heavy atom. The van der Waals surface area contributed by atoms with Crippen molar-refractivity contribution in [3.05, 3.63) is 17.8 Å². The van der Waals surface area contributed by atoms with Crippen molar-refractivity contribution < 1.29 is 4.79 Å². The van der Waals surface area contributed by atoms with Crippen molar-refractivity contribution in [2.24, 2.45) is 0 Å². The molecule has 2 rings (SSSR count). The fraction of sp³-hybridized carbons (Fsp3) is 0.364. The number of carbonyl (C=O) groups excluding carboxylic acids is 1. The molecule has 2 N–H and O–H groups in total. The molecule has 1 amide bonds. The number of carbonyl (C=O) groups is 1. The SMILES string of the molecule is CCNC(=O)CCNc1ncnc2ccsc12. The lowest BCUT2D eigenvalue weighted by molar-refractivity contribution is -0.120. The highest BCUT2D eigenvalue weighted by molar-refractivity contribution is 7.17. The van der Waals surface area contributed by atoms with Gasteiger partial charge < -0.3 is 10.6 Å². The molecule has 2 heterocycles. The molecule has 0 spiro atoms. The summed E-state index contributed by atoms with van der Waals surface area (Å²) >= 11 is 1.59. The summed E-state index contributed by atoms with van der Waals surface area (Å²) in [5.41, 5.74) is 0.936. The number of anilines is 1. The first-order valence-corrected chi connectivity index (χ1v) is 6.38. The molecule has 5 nitrogen and oxygen atoms in total. The van der Waals surface area contributed by atoms with Gasteiger partial charge in [0.1, 0.15) is 12.1 Å². The highest BCUT2D eigenvalue weighted by atomic mass is 32.1. The van der Waals surface area contributed by atoms with Gasteiger partial charge in [0.05, 0.1) is 10.2 Å². The molecule has 0 radical (unpaired) electrons. The first kappa shape index (κ1) is 11.8. The van der Waals surface area contributed by atoms with Gasteiger partial charge in [-0.05, 0) is 18.4 Å². The first-order chi connectivity index (χ1) is 8.31.